The second kappa shape index (κ2) is 5.31. The van der Waals surface area contributed by atoms with E-state index in [2.05, 4.69) is 17.6 Å². The molecular weight excluding hydrogens is 184 g/mol. The Morgan fingerprint density at radius 3 is 2.67 bits per heavy atom. The lowest BCUT2D eigenvalue weighted by molar-refractivity contribution is 0.229. The van der Waals surface area contributed by atoms with E-state index in [-0.39, 0.29) is 0 Å². The Morgan fingerprint density at radius 2 is 2.00 bits per heavy atom. The third kappa shape index (κ3) is 3.46. The van der Waals surface area contributed by atoms with E-state index < -0.39 is 0 Å². The molecule has 2 fully saturated rings. The average Bonchev–Trinajstić information content (AvgIpc) is 2.29. The minimum atomic E-state index is 0.454. The molecule has 1 heterocycles. The van der Waals surface area contributed by atoms with E-state index in [1.165, 1.54) is 64.6 Å². The Morgan fingerprint density at radius 1 is 1.20 bits per heavy atom. The molecule has 2 heteroatoms. The van der Waals surface area contributed by atoms with Gasteiger partial charge in [-0.1, -0.05) is 19.3 Å². The highest BCUT2D eigenvalue weighted by atomic mass is 15.0. The SMILES string of the molecule is CC1(NCC2CCCNC2)CCCCC1. The van der Waals surface area contributed by atoms with Crippen LogP contribution in [-0.4, -0.2) is 25.2 Å². The number of hydrogen-bond donors (Lipinski definition) is 2. The Balaban J connectivity index is 1.70. The van der Waals surface area contributed by atoms with Gasteiger partial charge in [-0.25, -0.2) is 0 Å². The molecule has 0 aromatic carbocycles. The summed E-state index contributed by atoms with van der Waals surface area (Å²) < 4.78 is 0. The zero-order valence-electron chi connectivity index (χ0n) is 10.1. The first kappa shape index (κ1) is 11.4. The van der Waals surface area contributed by atoms with Gasteiger partial charge in [0.1, 0.15) is 0 Å². The number of hydrogen-bond acceptors (Lipinski definition) is 2. The highest BCUT2D eigenvalue weighted by Gasteiger charge is 2.27. The first-order valence-electron chi connectivity index (χ1n) is 6.74. The van der Waals surface area contributed by atoms with Gasteiger partial charge in [-0.15, -0.1) is 0 Å². The molecule has 1 aliphatic heterocycles. The highest BCUT2D eigenvalue weighted by Crippen LogP contribution is 2.27. The summed E-state index contributed by atoms with van der Waals surface area (Å²) in [6, 6.07) is 0. The smallest absolute Gasteiger partial charge is 0.0153 e. The van der Waals surface area contributed by atoms with Crippen LogP contribution >= 0.6 is 0 Å². The van der Waals surface area contributed by atoms with Gasteiger partial charge in [0.05, 0.1) is 0 Å². The molecule has 15 heavy (non-hydrogen) atoms. The summed E-state index contributed by atoms with van der Waals surface area (Å²) in [5, 5.41) is 7.32. The Kier molecular flexibility index (Phi) is 4.04. The number of rotatable bonds is 3. The number of piperidine rings is 1. The zero-order valence-corrected chi connectivity index (χ0v) is 10.1. The van der Waals surface area contributed by atoms with Crippen molar-refractivity contribution >= 4 is 0 Å². The molecule has 2 nitrogen and oxygen atoms in total. The second-order valence-corrected chi connectivity index (χ2v) is 5.71. The summed E-state index contributed by atoms with van der Waals surface area (Å²) in [6.07, 6.45) is 9.83. The Labute approximate surface area is 94.2 Å². The van der Waals surface area contributed by atoms with E-state index in [1.807, 2.05) is 0 Å². The van der Waals surface area contributed by atoms with Crippen molar-refractivity contribution in [1.82, 2.24) is 10.6 Å². The lowest BCUT2D eigenvalue weighted by Gasteiger charge is -2.36. The lowest BCUT2D eigenvalue weighted by Crippen LogP contribution is -2.48. The summed E-state index contributed by atoms with van der Waals surface area (Å²) in [6.45, 7) is 6.10. The second-order valence-electron chi connectivity index (χ2n) is 5.71. The fourth-order valence-corrected chi connectivity index (χ4v) is 3.00. The largest absolute Gasteiger partial charge is 0.316 e. The maximum atomic E-state index is 3.83. The molecule has 88 valence electrons. The van der Waals surface area contributed by atoms with Crippen LogP contribution in [0.5, 0.6) is 0 Å². The van der Waals surface area contributed by atoms with Gasteiger partial charge in [0.25, 0.3) is 0 Å². The summed E-state index contributed by atoms with van der Waals surface area (Å²) in [5.41, 5.74) is 0.454. The van der Waals surface area contributed by atoms with E-state index in [0.717, 1.165) is 5.92 Å². The molecule has 0 amide bonds. The molecule has 1 saturated carbocycles. The minimum Gasteiger partial charge on any atom is -0.316 e. The quantitative estimate of drug-likeness (QED) is 0.747. The van der Waals surface area contributed by atoms with Crippen LogP contribution in [0.1, 0.15) is 51.9 Å². The fraction of sp³-hybridized carbons (Fsp3) is 1.00. The highest BCUT2D eigenvalue weighted by molar-refractivity contribution is 4.87. The molecule has 0 aromatic rings. The maximum Gasteiger partial charge on any atom is 0.0153 e. The van der Waals surface area contributed by atoms with Crippen LogP contribution in [-0.2, 0) is 0 Å². The van der Waals surface area contributed by atoms with Crippen molar-refractivity contribution in [3.63, 3.8) is 0 Å². The van der Waals surface area contributed by atoms with Crippen molar-refractivity contribution in [3.05, 3.63) is 0 Å². The molecular formula is C13H26N2. The van der Waals surface area contributed by atoms with Crippen LogP contribution in [0.3, 0.4) is 0 Å². The minimum absolute atomic E-state index is 0.454. The van der Waals surface area contributed by atoms with Crippen molar-refractivity contribution < 1.29 is 0 Å². The van der Waals surface area contributed by atoms with Crippen LogP contribution in [0.4, 0.5) is 0 Å². The first-order valence-corrected chi connectivity index (χ1v) is 6.74. The van der Waals surface area contributed by atoms with Crippen LogP contribution in [0.25, 0.3) is 0 Å². The van der Waals surface area contributed by atoms with Crippen molar-refractivity contribution in [2.24, 2.45) is 5.92 Å². The van der Waals surface area contributed by atoms with Gasteiger partial charge in [-0.05, 0) is 58.2 Å². The predicted octanol–water partition coefficient (Wildman–Crippen LogP) is 2.30. The maximum absolute atomic E-state index is 3.83. The van der Waals surface area contributed by atoms with Gasteiger partial charge < -0.3 is 10.6 Å². The van der Waals surface area contributed by atoms with E-state index in [9.17, 15) is 0 Å². The summed E-state index contributed by atoms with van der Waals surface area (Å²) in [4.78, 5) is 0. The molecule has 0 spiro atoms. The van der Waals surface area contributed by atoms with Gasteiger partial charge in [-0.2, -0.15) is 0 Å². The van der Waals surface area contributed by atoms with Crippen LogP contribution in [0, 0.1) is 5.92 Å². The normalized spacial score (nSPS) is 31.4. The zero-order chi connectivity index (χ0) is 10.6. The molecule has 0 radical (unpaired) electrons. The van der Waals surface area contributed by atoms with Gasteiger partial charge >= 0.3 is 0 Å². The average molecular weight is 210 g/mol. The van der Waals surface area contributed by atoms with Crippen LogP contribution in [0.2, 0.25) is 0 Å². The van der Waals surface area contributed by atoms with Crippen LogP contribution < -0.4 is 10.6 Å². The van der Waals surface area contributed by atoms with E-state index in [4.69, 9.17) is 0 Å². The van der Waals surface area contributed by atoms with Crippen molar-refractivity contribution in [3.8, 4) is 0 Å². The fourth-order valence-electron chi connectivity index (χ4n) is 3.00. The van der Waals surface area contributed by atoms with Gasteiger partial charge in [0, 0.05) is 5.54 Å². The summed E-state index contributed by atoms with van der Waals surface area (Å²) >= 11 is 0. The third-order valence-electron chi connectivity index (χ3n) is 4.17. The lowest BCUT2D eigenvalue weighted by atomic mass is 9.83. The molecule has 2 rings (SSSR count). The molecule has 1 atom stereocenters. The molecule has 0 bridgehead atoms. The van der Waals surface area contributed by atoms with Gasteiger partial charge in [0.2, 0.25) is 0 Å². The Bertz CT molecular complexity index is 179. The van der Waals surface area contributed by atoms with E-state index in [1.54, 1.807) is 0 Å². The molecule has 1 aliphatic carbocycles. The number of nitrogens with one attached hydrogen (secondary N) is 2. The molecule has 2 N–H and O–H groups in total. The predicted molar refractivity (Wildman–Crippen MR) is 65.1 cm³/mol. The van der Waals surface area contributed by atoms with Gasteiger partial charge in [-0.3, -0.25) is 0 Å². The van der Waals surface area contributed by atoms with Crippen molar-refractivity contribution in [2.75, 3.05) is 19.6 Å². The molecule has 1 unspecified atom stereocenters. The molecule has 1 saturated heterocycles. The van der Waals surface area contributed by atoms with Crippen molar-refractivity contribution in [1.29, 1.82) is 0 Å². The van der Waals surface area contributed by atoms with Gasteiger partial charge in [0.15, 0.2) is 0 Å². The standard InChI is InChI=1S/C13H26N2/c1-13(7-3-2-4-8-13)15-11-12-6-5-9-14-10-12/h12,14-15H,2-11H2,1H3. The van der Waals surface area contributed by atoms with Crippen molar-refractivity contribution in [2.45, 2.75) is 57.4 Å². The molecule has 2 aliphatic rings. The third-order valence-corrected chi connectivity index (χ3v) is 4.17. The van der Waals surface area contributed by atoms with Crippen LogP contribution in [0.15, 0.2) is 0 Å². The first-order chi connectivity index (χ1) is 7.29. The Hall–Kier alpha value is -0.0800. The summed E-state index contributed by atoms with van der Waals surface area (Å²) in [5.74, 6) is 0.873. The molecule has 0 aromatic heterocycles. The van der Waals surface area contributed by atoms with E-state index in [0.29, 0.717) is 5.54 Å². The monoisotopic (exact) mass is 210 g/mol. The topological polar surface area (TPSA) is 24.1 Å². The van der Waals surface area contributed by atoms with E-state index >= 15 is 0 Å². The summed E-state index contributed by atoms with van der Waals surface area (Å²) in [7, 11) is 0.